The number of amides is 2. The van der Waals surface area contributed by atoms with Gasteiger partial charge in [-0.1, -0.05) is 38.1 Å². The van der Waals surface area contributed by atoms with E-state index in [0.29, 0.717) is 17.4 Å². The lowest BCUT2D eigenvalue weighted by atomic mass is 9.63. The number of ether oxygens (including phenoxy) is 1. The van der Waals surface area contributed by atoms with Crippen LogP contribution >= 0.6 is 0 Å². The summed E-state index contributed by atoms with van der Waals surface area (Å²) in [7, 11) is 0. The van der Waals surface area contributed by atoms with Crippen molar-refractivity contribution in [3.63, 3.8) is 0 Å². The number of hydrogen-bond donors (Lipinski definition) is 0. The van der Waals surface area contributed by atoms with Crippen molar-refractivity contribution < 1.29 is 23.9 Å². The van der Waals surface area contributed by atoms with Crippen LogP contribution in [0.4, 0.5) is 0 Å². The van der Waals surface area contributed by atoms with E-state index in [1.807, 2.05) is 19.9 Å². The fraction of sp³-hybridized carbons (Fsp3) is 0.538. The maximum Gasteiger partial charge on any atom is 0.330 e. The zero-order chi connectivity index (χ0) is 22.9. The number of rotatable bonds is 6. The van der Waals surface area contributed by atoms with Crippen LogP contribution in [-0.2, 0) is 19.1 Å². The Balaban J connectivity index is 1.32. The maximum absolute atomic E-state index is 13.4. The molecule has 0 aromatic heterocycles. The summed E-state index contributed by atoms with van der Waals surface area (Å²) < 4.78 is 5.36. The lowest BCUT2D eigenvalue weighted by Gasteiger charge is -2.37. The van der Waals surface area contributed by atoms with Crippen molar-refractivity contribution in [2.75, 3.05) is 6.61 Å². The molecule has 6 rings (SSSR count). The Bertz CT molecular complexity index is 1020. The normalized spacial score (nSPS) is 32.7. The summed E-state index contributed by atoms with van der Waals surface area (Å²) in [5, 5.41) is 0. The minimum atomic E-state index is -1.01. The highest BCUT2D eigenvalue weighted by Crippen LogP contribution is 2.65. The van der Waals surface area contributed by atoms with Crippen LogP contribution in [0.25, 0.3) is 0 Å². The van der Waals surface area contributed by atoms with Gasteiger partial charge in [0.25, 0.3) is 0 Å². The van der Waals surface area contributed by atoms with Gasteiger partial charge in [0.1, 0.15) is 6.04 Å². The Hall–Kier alpha value is -2.76. The Morgan fingerprint density at radius 1 is 1.00 bits per heavy atom. The van der Waals surface area contributed by atoms with Crippen LogP contribution in [0.15, 0.2) is 30.4 Å². The van der Waals surface area contributed by atoms with Crippen molar-refractivity contribution in [2.45, 2.75) is 40.2 Å². The van der Waals surface area contributed by atoms with Gasteiger partial charge < -0.3 is 4.74 Å². The summed E-state index contributed by atoms with van der Waals surface area (Å²) in [5.74, 6) is -1.31. The van der Waals surface area contributed by atoms with Crippen LogP contribution in [0, 0.1) is 55.3 Å². The van der Waals surface area contributed by atoms with E-state index < -0.39 is 18.6 Å². The first-order valence-electron chi connectivity index (χ1n) is 11.5. The van der Waals surface area contributed by atoms with Crippen LogP contribution in [-0.4, -0.2) is 41.1 Å². The predicted molar refractivity (Wildman–Crippen MR) is 116 cm³/mol. The van der Waals surface area contributed by atoms with Crippen molar-refractivity contribution in [1.29, 1.82) is 0 Å². The van der Waals surface area contributed by atoms with E-state index in [9.17, 15) is 19.2 Å². The summed E-state index contributed by atoms with van der Waals surface area (Å²) in [6.07, 6.45) is 5.31. The molecule has 0 radical (unpaired) electrons. The zero-order valence-corrected chi connectivity index (χ0v) is 18.9. The highest BCUT2D eigenvalue weighted by atomic mass is 16.5. The fourth-order valence-electron chi connectivity index (χ4n) is 6.15. The molecular weight excluding hydrogens is 406 g/mol. The van der Waals surface area contributed by atoms with Crippen molar-refractivity contribution in [3.05, 3.63) is 47.0 Å². The number of allylic oxidation sites excluding steroid dienone is 2. The average Bonchev–Trinajstić information content (AvgIpc) is 3.54. The number of benzene rings is 1. The lowest BCUT2D eigenvalue weighted by molar-refractivity contribution is -0.160. The van der Waals surface area contributed by atoms with Gasteiger partial charge in [0.2, 0.25) is 11.8 Å². The van der Waals surface area contributed by atoms with Crippen molar-refractivity contribution in [2.24, 2.45) is 41.4 Å². The molecule has 1 heterocycles. The molecule has 3 fully saturated rings. The number of imide groups is 1. The summed E-state index contributed by atoms with van der Waals surface area (Å²) in [6, 6.07) is 4.34. The molecule has 7 atom stereocenters. The molecule has 1 aliphatic heterocycles. The first-order chi connectivity index (χ1) is 15.2. The second-order valence-electron chi connectivity index (χ2n) is 10.2. The van der Waals surface area contributed by atoms with E-state index in [0.717, 1.165) is 17.5 Å². The van der Waals surface area contributed by atoms with Gasteiger partial charge >= 0.3 is 5.97 Å². The number of aryl methyl sites for hydroxylation is 2. The van der Waals surface area contributed by atoms with Gasteiger partial charge in [0.15, 0.2) is 12.4 Å². The number of carbonyl (C=O) groups is 4. The van der Waals surface area contributed by atoms with Gasteiger partial charge in [0, 0.05) is 5.56 Å². The quantitative estimate of drug-likeness (QED) is 0.297. The van der Waals surface area contributed by atoms with Gasteiger partial charge in [-0.15, -0.1) is 0 Å². The van der Waals surface area contributed by atoms with E-state index in [1.165, 1.54) is 4.90 Å². The number of Topliss-reactive ketones (excluding diaryl/α,β-unsaturated/α-hetero) is 1. The minimum Gasteiger partial charge on any atom is -0.456 e. The van der Waals surface area contributed by atoms with E-state index in [-0.39, 0.29) is 47.2 Å². The SMILES string of the molecule is Cc1ccc(C(=O)COC(=O)C(C(C)C)N2C(=O)C3C4C=CC(C5CC45)C3C2=O)cc1C. The number of esters is 1. The van der Waals surface area contributed by atoms with E-state index in [2.05, 4.69) is 12.2 Å². The van der Waals surface area contributed by atoms with Gasteiger partial charge in [-0.05, 0) is 67.1 Å². The first kappa shape index (κ1) is 21.1. The number of ketones is 1. The first-order valence-corrected chi connectivity index (χ1v) is 11.5. The largest absolute Gasteiger partial charge is 0.456 e. The van der Waals surface area contributed by atoms with E-state index in [4.69, 9.17) is 4.74 Å². The fourth-order valence-corrected chi connectivity index (χ4v) is 6.15. The average molecular weight is 436 g/mol. The standard InChI is InChI=1S/C26H29NO5/c1-12(2)23(26(31)32-11-20(28)15-6-5-13(3)14(4)9-15)27-24(29)21-16-7-8-17(19-10-18(16)19)22(21)25(27)30/h5-9,12,16-19,21-23H,10-11H2,1-4H3. The van der Waals surface area contributed by atoms with Crippen molar-refractivity contribution in [3.8, 4) is 0 Å². The van der Waals surface area contributed by atoms with Gasteiger partial charge in [0.05, 0.1) is 11.8 Å². The number of nitrogens with zero attached hydrogens (tertiary/aromatic N) is 1. The van der Waals surface area contributed by atoms with E-state index in [1.54, 1.807) is 26.0 Å². The molecule has 1 saturated heterocycles. The lowest BCUT2D eigenvalue weighted by Crippen LogP contribution is -2.49. The Labute approximate surface area is 188 Å². The molecule has 32 heavy (non-hydrogen) atoms. The molecule has 168 valence electrons. The third kappa shape index (κ3) is 3.06. The Morgan fingerprint density at radius 2 is 1.59 bits per heavy atom. The molecular formula is C26H29NO5. The third-order valence-electron chi connectivity index (χ3n) is 8.02. The number of carbonyl (C=O) groups excluding carboxylic acids is 4. The smallest absolute Gasteiger partial charge is 0.330 e. The predicted octanol–water partition coefficient (Wildman–Crippen LogP) is 3.11. The molecule has 2 saturated carbocycles. The second-order valence-corrected chi connectivity index (χ2v) is 10.2. The molecule has 1 aromatic rings. The molecule has 7 unspecified atom stereocenters. The molecule has 0 N–H and O–H groups in total. The minimum absolute atomic E-state index is 0.103. The zero-order valence-electron chi connectivity index (χ0n) is 18.9. The van der Waals surface area contributed by atoms with E-state index >= 15 is 0 Å². The number of hydrogen-bond acceptors (Lipinski definition) is 5. The van der Waals surface area contributed by atoms with Crippen LogP contribution in [0.5, 0.6) is 0 Å². The summed E-state index contributed by atoms with van der Waals surface area (Å²) in [4.78, 5) is 53.5. The monoisotopic (exact) mass is 435 g/mol. The Morgan fingerprint density at radius 3 is 2.12 bits per heavy atom. The topological polar surface area (TPSA) is 80.8 Å². The van der Waals surface area contributed by atoms with Crippen molar-refractivity contribution in [1.82, 2.24) is 4.90 Å². The summed E-state index contributed by atoms with van der Waals surface area (Å²) in [6.45, 7) is 7.06. The van der Waals surface area contributed by atoms with Crippen molar-refractivity contribution >= 4 is 23.6 Å². The van der Waals surface area contributed by atoms with Gasteiger partial charge in [-0.25, -0.2) is 4.79 Å². The molecule has 6 nitrogen and oxygen atoms in total. The molecule has 6 heteroatoms. The maximum atomic E-state index is 13.4. The third-order valence-corrected chi connectivity index (χ3v) is 8.02. The van der Waals surface area contributed by atoms with Crippen LogP contribution in [0.3, 0.4) is 0 Å². The summed E-state index contributed by atoms with van der Waals surface area (Å²) >= 11 is 0. The molecule has 4 aliphatic carbocycles. The van der Waals surface area contributed by atoms with Crippen LogP contribution in [0.2, 0.25) is 0 Å². The molecule has 0 spiro atoms. The number of likely N-dealkylation sites (tertiary alicyclic amines) is 1. The summed E-state index contributed by atoms with van der Waals surface area (Å²) in [5.41, 5.74) is 2.54. The molecule has 2 amide bonds. The Kier molecular flexibility index (Phi) is 4.88. The van der Waals surface area contributed by atoms with Crippen LogP contribution in [0.1, 0.15) is 41.8 Å². The molecule has 2 bridgehead atoms. The highest BCUT2D eigenvalue weighted by molar-refractivity contribution is 6.09. The second kappa shape index (κ2) is 7.39. The van der Waals surface area contributed by atoms with Gasteiger partial charge in [-0.3, -0.25) is 19.3 Å². The van der Waals surface area contributed by atoms with Gasteiger partial charge in [-0.2, -0.15) is 0 Å². The molecule has 5 aliphatic rings. The van der Waals surface area contributed by atoms with Crippen LogP contribution < -0.4 is 0 Å². The highest BCUT2D eigenvalue weighted by Gasteiger charge is 2.68. The molecule has 1 aromatic carbocycles.